The van der Waals surface area contributed by atoms with E-state index >= 15 is 0 Å². The fraction of sp³-hybridized carbons (Fsp3) is 0.400. The van der Waals surface area contributed by atoms with Crippen LogP contribution in [0.3, 0.4) is 0 Å². The first-order valence-electron chi connectivity index (χ1n) is 9.21. The molecule has 1 fully saturated rings. The smallest absolute Gasteiger partial charge is 0.287 e. The number of hydrogen-bond acceptors (Lipinski definition) is 5. The van der Waals surface area contributed by atoms with Crippen LogP contribution in [0.2, 0.25) is 0 Å². The van der Waals surface area contributed by atoms with Crippen molar-refractivity contribution >= 4 is 27.7 Å². The second-order valence-electron chi connectivity index (χ2n) is 6.73. The number of ether oxygens (including phenoxy) is 1. The Morgan fingerprint density at radius 2 is 1.86 bits per heavy atom. The van der Waals surface area contributed by atoms with Gasteiger partial charge in [-0.25, -0.2) is 0 Å². The lowest BCUT2D eigenvalue weighted by Crippen LogP contribution is -2.45. The van der Waals surface area contributed by atoms with Gasteiger partial charge in [0.05, 0.1) is 25.8 Å². The van der Waals surface area contributed by atoms with Crippen LogP contribution in [0.15, 0.2) is 45.5 Å². The van der Waals surface area contributed by atoms with Gasteiger partial charge in [0.1, 0.15) is 0 Å². The highest BCUT2D eigenvalue weighted by Gasteiger charge is 2.21. The number of nitrogens with zero attached hydrogens (tertiary/aromatic N) is 1. The molecule has 1 aliphatic rings. The molecule has 1 aliphatic heterocycles. The SMILES string of the molecule is Cc1ccc([C@@H](CN2CCOCC2)NC(=O)CNC(=O)c2ccc(Br)o2)cc1. The molecule has 0 aliphatic carbocycles. The summed E-state index contributed by atoms with van der Waals surface area (Å²) in [4.78, 5) is 26.8. The molecule has 150 valence electrons. The van der Waals surface area contributed by atoms with E-state index in [0.717, 1.165) is 24.2 Å². The number of rotatable bonds is 7. The highest BCUT2D eigenvalue weighted by molar-refractivity contribution is 9.10. The molecule has 2 heterocycles. The number of halogens is 1. The third kappa shape index (κ3) is 5.92. The monoisotopic (exact) mass is 449 g/mol. The summed E-state index contributed by atoms with van der Waals surface area (Å²) in [6, 6.07) is 11.1. The minimum atomic E-state index is -0.430. The maximum absolute atomic E-state index is 12.5. The number of furan rings is 1. The summed E-state index contributed by atoms with van der Waals surface area (Å²) < 4.78 is 11.1. The van der Waals surface area contributed by atoms with Gasteiger partial charge in [-0.1, -0.05) is 29.8 Å². The van der Waals surface area contributed by atoms with Gasteiger partial charge in [-0.2, -0.15) is 0 Å². The Kier molecular flexibility index (Phi) is 7.24. The second kappa shape index (κ2) is 9.86. The summed E-state index contributed by atoms with van der Waals surface area (Å²) in [5.41, 5.74) is 2.20. The average molecular weight is 450 g/mol. The zero-order valence-corrected chi connectivity index (χ0v) is 17.3. The molecule has 28 heavy (non-hydrogen) atoms. The van der Waals surface area contributed by atoms with E-state index in [4.69, 9.17) is 9.15 Å². The van der Waals surface area contributed by atoms with Gasteiger partial charge < -0.3 is 19.8 Å². The number of hydrogen-bond donors (Lipinski definition) is 2. The first kappa shape index (κ1) is 20.6. The fourth-order valence-corrected chi connectivity index (χ4v) is 3.31. The van der Waals surface area contributed by atoms with E-state index in [1.54, 1.807) is 12.1 Å². The van der Waals surface area contributed by atoms with Crippen LogP contribution in [-0.4, -0.2) is 56.1 Å². The van der Waals surface area contributed by atoms with Gasteiger partial charge in [0.15, 0.2) is 10.4 Å². The molecular formula is C20H24BrN3O4. The Bertz CT molecular complexity index is 800. The van der Waals surface area contributed by atoms with Crippen molar-refractivity contribution in [2.45, 2.75) is 13.0 Å². The summed E-state index contributed by atoms with van der Waals surface area (Å²) in [6.45, 7) is 5.67. The second-order valence-corrected chi connectivity index (χ2v) is 7.51. The first-order chi connectivity index (χ1) is 13.5. The minimum absolute atomic E-state index is 0.122. The highest BCUT2D eigenvalue weighted by atomic mass is 79.9. The van der Waals surface area contributed by atoms with Gasteiger partial charge in [0.25, 0.3) is 5.91 Å². The normalized spacial score (nSPS) is 15.8. The lowest BCUT2D eigenvalue weighted by atomic mass is 10.0. The summed E-state index contributed by atoms with van der Waals surface area (Å²) in [7, 11) is 0. The van der Waals surface area contributed by atoms with E-state index in [9.17, 15) is 9.59 Å². The van der Waals surface area contributed by atoms with Gasteiger partial charge in [0.2, 0.25) is 5.91 Å². The number of carbonyl (C=O) groups excluding carboxylic acids is 2. The van der Waals surface area contributed by atoms with Crippen molar-refractivity contribution in [3.8, 4) is 0 Å². The van der Waals surface area contributed by atoms with Crippen LogP contribution in [0.25, 0.3) is 0 Å². The number of benzene rings is 1. The molecule has 0 unspecified atom stereocenters. The van der Waals surface area contributed by atoms with Crippen LogP contribution in [-0.2, 0) is 9.53 Å². The summed E-state index contributed by atoms with van der Waals surface area (Å²) in [6.07, 6.45) is 0. The summed E-state index contributed by atoms with van der Waals surface area (Å²) in [5, 5.41) is 5.62. The predicted molar refractivity (Wildman–Crippen MR) is 108 cm³/mol. The standard InChI is InChI=1S/C20H24BrN3O4/c1-14-2-4-15(5-3-14)16(13-24-8-10-27-11-9-24)23-19(25)12-22-20(26)17-6-7-18(21)28-17/h2-7,16H,8-13H2,1H3,(H,22,26)(H,23,25)/t16-/m1/s1. The molecule has 1 aromatic carbocycles. The molecule has 0 bridgehead atoms. The van der Waals surface area contributed by atoms with Crippen LogP contribution in [0.4, 0.5) is 0 Å². The molecule has 0 spiro atoms. The number of morpholine rings is 1. The molecule has 1 atom stereocenters. The molecule has 0 radical (unpaired) electrons. The van der Waals surface area contributed by atoms with Gasteiger partial charge in [-0.3, -0.25) is 14.5 Å². The Hall–Kier alpha value is -2.16. The van der Waals surface area contributed by atoms with Crippen molar-refractivity contribution in [3.05, 3.63) is 58.0 Å². The van der Waals surface area contributed by atoms with Gasteiger partial charge >= 0.3 is 0 Å². The summed E-state index contributed by atoms with van der Waals surface area (Å²) in [5.74, 6) is -0.526. The maximum atomic E-state index is 12.5. The molecule has 0 saturated carbocycles. The molecular weight excluding hydrogens is 426 g/mol. The van der Waals surface area contributed by atoms with E-state index < -0.39 is 5.91 Å². The van der Waals surface area contributed by atoms with Gasteiger partial charge in [-0.05, 0) is 40.5 Å². The van der Waals surface area contributed by atoms with Crippen LogP contribution >= 0.6 is 15.9 Å². The quantitative estimate of drug-likeness (QED) is 0.677. The number of nitrogens with one attached hydrogen (secondary N) is 2. The Labute approximate surface area is 172 Å². The van der Waals surface area contributed by atoms with Gasteiger partial charge in [0, 0.05) is 19.6 Å². The zero-order chi connectivity index (χ0) is 19.9. The molecule has 7 nitrogen and oxygen atoms in total. The Balaban J connectivity index is 1.59. The number of amides is 2. The molecule has 3 rings (SSSR count). The van der Waals surface area contributed by atoms with E-state index in [0.29, 0.717) is 24.4 Å². The molecule has 2 N–H and O–H groups in total. The molecule has 8 heteroatoms. The van der Waals surface area contributed by atoms with E-state index in [1.807, 2.05) is 31.2 Å². The molecule has 1 aromatic heterocycles. The predicted octanol–water partition coefficient (Wildman–Crippen LogP) is 2.27. The van der Waals surface area contributed by atoms with E-state index in [-0.39, 0.29) is 24.3 Å². The van der Waals surface area contributed by atoms with Gasteiger partial charge in [-0.15, -0.1) is 0 Å². The van der Waals surface area contributed by atoms with Crippen LogP contribution in [0, 0.1) is 6.92 Å². The zero-order valence-electron chi connectivity index (χ0n) is 15.7. The van der Waals surface area contributed by atoms with Crippen LogP contribution in [0.1, 0.15) is 27.7 Å². The third-order valence-corrected chi connectivity index (χ3v) is 4.99. The maximum Gasteiger partial charge on any atom is 0.287 e. The number of carbonyl (C=O) groups is 2. The molecule has 2 aromatic rings. The minimum Gasteiger partial charge on any atom is -0.444 e. The lowest BCUT2D eigenvalue weighted by molar-refractivity contribution is -0.121. The third-order valence-electron chi connectivity index (χ3n) is 4.57. The van der Waals surface area contributed by atoms with Crippen LogP contribution in [0.5, 0.6) is 0 Å². The van der Waals surface area contributed by atoms with Crippen molar-refractivity contribution in [1.29, 1.82) is 0 Å². The molecule has 2 amide bonds. The van der Waals surface area contributed by atoms with E-state index in [1.165, 1.54) is 0 Å². The van der Waals surface area contributed by atoms with Crippen molar-refractivity contribution in [2.75, 3.05) is 39.4 Å². The highest BCUT2D eigenvalue weighted by Crippen LogP contribution is 2.17. The first-order valence-corrected chi connectivity index (χ1v) is 10.00. The van der Waals surface area contributed by atoms with Crippen molar-refractivity contribution in [1.82, 2.24) is 15.5 Å². The van der Waals surface area contributed by atoms with Crippen molar-refractivity contribution in [3.63, 3.8) is 0 Å². The Morgan fingerprint density at radius 3 is 2.50 bits per heavy atom. The average Bonchev–Trinajstić information content (AvgIpc) is 3.13. The van der Waals surface area contributed by atoms with Crippen molar-refractivity contribution in [2.24, 2.45) is 0 Å². The van der Waals surface area contributed by atoms with Crippen LogP contribution < -0.4 is 10.6 Å². The Morgan fingerprint density at radius 1 is 1.14 bits per heavy atom. The summed E-state index contributed by atoms with van der Waals surface area (Å²) >= 11 is 3.15. The van der Waals surface area contributed by atoms with Crippen molar-refractivity contribution < 1.29 is 18.7 Å². The largest absolute Gasteiger partial charge is 0.444 e. The number of aryl methyl sites for hydroxylation is 1. The van der Waals surface area contributed by atoms with E-state index in [2.05, 4.69) is 31.5 Å². The molecule has 1 saturated heterocycles. The fourth-order valence-electron chi connectivity index (χ4n) is 3.00. The topological polar surface area (TPSA) is 83.8 Å². The lowest BCUT2D eigenvalue weighted by Gasteiger charge is -2.31.